The van der Waals surface area contributed by atoms with Gasteiger partial charge in [0.1, 0.15) is 0 Å². The molecule has 0 aliphatic carbocycles. The van der Waals surface area contributed by atoms with E-state index in [4.69, 9.17) is 0 Å². The summed E-state index contributed by atoms with van der Waals surface area (Å²) in [5, 5.41) is 0. The van der Waals surface area contributed by atoms with Crippen LogP contribution in [0.2, 0.25) is 0 Å². The van der Waals surface area contributed by atoms with Crippen molar-refractivity contribution in [3.63, 3.8) is 0 Å². The molecule has 1 rings (SSSR count). The number of thiophene rings is 1. The number of hydrogen-bond donors (Lipinski definition) is 1. The Balaban J connectivity index is 2.81. The Kier molecular flexibility index (Phi) is 2.72. The summed E-state index contributed by atoms with van der Waals surface area (Å²) in [6.45, 7) is 1.85. The van der Waals surface area contributed by atoms with Crippen LogP contribution in [-0.4, -0.2) is 20.6 Å². The summed E-state index contributed by atoms with van der Waals surface area (Å²) >= 11 is 1.26. The van der Waals surface area contributed by atoms with E-state index >= 15 is 0 Å². The Morgan fingerprint density at radius 1 is 1.46 bits per heavy atom. The quantitative estimate of drug-likeness (QED) is 0.798. The molecule has 13 heavy (non-hydrogen) atoms. The molecule has 1 heterocycles. The maximum Gasteiger partial charge on any atom is 0.274 e. The Labute approximate surface area is 80.6 Å². The molecule has 1 aromatic heterocycles. The van der Waals surface area contributed by atoms with Gasteiger partial charge >= 0.3 is 0 Å². The van der Waals surface area contributed by atoms with Crippen LogP contribution < -0.4 is 4.72 Å². The van der Waals surface area contributed by atoms with Crippen LogP contribution >= 0.6 is 11.3 Å². The highest BCUT2D eigenvalue weighted by Crippen LogP contribution is 2.14. The van der Waals surface area contributed by atoms with Gasteiger partial charge in [0.15, 0.2) is 0 Å². The Hall–Kier alpha value is -0.880. The first-order chi connectivity index (χ1) is 5.88. The third-order valence-corrected chi connectivity index (χ3v) is 2.80. The standard InChI is InChI=1S/C7H9NO3S2/c1-5-3-4-6(12-5)7(9)8-13(2,10)11/h3-4H,1-2H3,(H,8,9). The van der Waals surface area contributed by atoms with E-state index in [1.54, 1.807) is 12.1 Å². The van der Waals surface area contributed by atoms with Crippen LogP contribution in [0, 0.1) is 6.92 Å². The van der Waals surface area contributed by atoms with Gasteiger partial charge in [0, 0.05) is 4.88 Å². The highest BCUT2D eigenvalue weighted by molar-refractivity contribution is 7.89. The number of rotatable bonds is 2. The van der Waals surface area contributed by atoms with Gasteiger partial charge in [-0.1, -0.05) is 0 Å². The molecule has 1 amide bonds. The predicted octanol–water partition coefficient (Wildman–Crippen LogP) is 0.746. The molecular weight excluding hydrogens is 210 g/mol. The normalized spacial score (nSPS) is 11.2. The van der Waals surface area contributed by atoms with Gasteiger partial charge in [0.25, 0.3) is 5.91 Å². The molecule has 0 atom stereocenters. The second-order valence-electron chi connectivity index (χ2n) is 2.61. The van der Waals surface area contributed by atoms with E-state index in [9.17, 15) is 13.2 Å². The summed E-state index contributed by atoms with van der Waals surface area (Å²) in [5.74, 6) is -0.569. The van der Waals surface area contributed by atoms with Crippen molar-refractivity contribution in [3.8, 4) is 0 Å². The molecule has 0 saturated carbocycles. The average Bonchev–Trinajstić information content (AvgIpc) is 2.31. The first-order valence-electron chi connectivity index (χ1n) is 3.47. The maximum absolute atomic E-state index is 11.2. The fraction of sp³-hybridized carbons (Fsp3) is 0.286. The van der Waals surface area contributed by atoms with Gasteiger partial charge in [0.05, 0.1) is 11.1 Å². The fourth-order valence-electron chi connectivity index (χ4n) is 0.775. The minimum absolute atomic E-state index is 0.405. The van der Waals surface area contributed by atoms with Gasteiger partial charge in [-0.05, 0) is 19.1 Å². The maximum atomic E-state index is 11.2. The Bertz CT molecular complexity index is 419. The van der Waals surface area contributed by atoms with Crippen LogP contribution in [0.4, 0.5) is 0 Å². The summed E-state index contributed by atoms with van der Waals surface area (Å²) in [4.78, 5) is 12.6. The largest absolute Gasteiger partial charge is 0.274 e. The average molecular weight is 219 g/mol. The van der Waals surface area contributed by atoms with Crippen molar-refractivity contribution in [1.82, 2.24) is 4.72 Å². The fourth-order valence-corrected chi connectivity index (χ4v) is 2.05. The third kappa shape index (κ3) is 3.16. The van der Waals surface area contributed by atoms with Crippen LogP contribution in [0.15, 0.2) is 12.1 Å². The summed E-state index contributed by atoms with van der Waals surface area (Å²) in [6.07, 6.45) is 0.950. The number of sulfonamides is 1. The Morgan fingerprint density at radius 3 is 2.46 bits per heavy atom. The molecule has 72 valence electrons. The van der Waals surface area contributed by atoms with E-state index in [1.165, 1.54) is 11.3 Å². The van der Waals surface area contributed by atoms with Gasteiger partial charge in [-0.3, -0.25) is 4.79 Å². The molecule has 0 aromatic carbocycles. The monoisotopic (exact) mass is 219 g/mol. The predicted molar refractivity (Wildman–Crippen MR) is 51.4 cm³/mol. The van der Waals surface area contributed by atoms with Gasteiger partial charge in [-0.15, -0.1) is 11.3 Å². The zero-order valence-electron chi connectivity index (χ0n) is 7.20. The lowest BCUT2D eigenvalue weighted by molar-refractivity contribution is 0.0985. The van der Waals surface area contributed by atoms with E-state index in [0.29, 0.717) is 4.88 Å². The van der Waals surface area contributed by atoms with Crippen molar-refractivity contribution in [3.05, 3.63) is 21.9 Å². The first kappa shape index (κ1) is 10.2. The van der Waals surface area contributed by atoms with Gasteiger partial charge < -0.3 is 0 Å². The molecule has 6 heteroatoms. The Morgan fingerprint density at radius 2 is 2.08 bits per heavy atom. The van der Waals surface area contributed by atoms with Crippen molar-refractivity contribution < 1.29 is 13.2 Å². The van der Waals surface area contributed by atoms with Gasteiger partial charge in [-0.2, -0.15) is 0 Å². The highest BCUT2D eigenvalue weighted by atomic mass is 32.2. The number of amides is 1. The van der Waals surface area contributed by atoms with Crippen molar-refractivity contribution in [2.24, 2.45) is 0 Å². The molecule has 0 bridgehead atoms. The molecule has 0 spiro atoms. The summed E-state index contributed by atoms with van der Waals surface area (Å²) in [6, 6.07) is 3.36. The van der Waals surface area contributed by atoms with Crippen LogP contribution in [0.3, 0.4) is 0 Å². The van der Waals surface area contributed by atoms with Crippen molar-refractivity contribution in [1.29, 1.82) is 0 Å². The van der Waals surface area contributed by atoms with E-state index in [2.05, 4.69) is 0 Å². The number of carbonyl (C=O) groups is 1. The molecular formula is C7H9NO3S2. The topological polar surface area (TPSA) is 63.2 Å². The number of carbonyl (C=O) groups excluding carboxylic acids is 1. The van der Waals surface area contributed by atoms with E-state index in [0.717, 1.165) is 11.1 Å². The lowest BCUT2D eigenvalue weighted by Crippen LogP contribution is -2.28. The van der Waals surface area contributed by atoms with Crippen LogP contribution in [0.25, 0.3) is 0 Å². The van der Waals surface area contributed by atoms with E-state index in [-0.39, 0.29) is 0 Å². The number of hydrogen-bond acceptors (Lipinski definition) is 4. The molecule has 0 aliphatic heterocycles. The van der Waals surface area contributed by atoms with E-state index < -0.39 is 15.9 Å². The molecule has 0 saturated heterocycles. The minimum Gasteiger partial charge on any atom is -0.267 e. The smallest absolute Gasteiger partial charge is 0.267 e. The molecule has 4 nitrogen and oxygen atoms in total. The third-order valence-electron chi connectivity index (χ3n) is 1.24. The number of nitrogens with one attached hydrogen (secondary N) is 1. The highest BCUT2D eigenvalue weighted by Gasteiger charge is 2.11. The lowest BCUT2D eigenvalue weighted by Gasteiger charge is -1.98. The molecule has 0 fully saturated rings. The second kappa shape index (κ2) is 3.47. The van der Waals surface area contributed by atoms with Gasteiger partial charge in [0.2, 0.25) is 10.0 Å². The summed E-state index contributed by atoms with van der Waals surface area (Å²) in [5.41, 5.74) is 0. The van der Waals surface area contributed by atoms with Crippen LogP contribution in [-0.2, 0) is 10.0 Å². The van der Waals surface area contributed by atoms with Crippen LogP contribution in [0.5, 0.6) is 0 Å². The SMILES string of the molecule is Cc1ccc(C(=O)NS(C)(=O)=O)s1. The van der Waals surface area contributed by atoms with Crippen LogP contribution in [0.1, 0.15) is 14.5 Å². The van der Waals surface area contributed by atoms with Crippen molar-refractivity contribution >= 4 is 27.3 Å². The minimum atomic E-state index is -3.46. The van der Waals surface area contributed by atoms with Gasteiger partial charge in [-0.25, -0.2) is 13.1 Å². The summed E-state index contributed by atoms with van der Waals surface area (Å²) in [7, 11) is -3.46. The molecule has 1 aromatic rings. The summed E-state index contributed by atoms with van der Waals surface area (Å²) < 4.78 is 23.3. The molecule has 0 unspecified atom stereocenters. The van der Waals surface area contributed by atoms with E-state index in [1.807, 2.05) is 11.6 Å². The zero-order valence-corrected chi connectivity index (χ0v) is 8.83. The first-order valence-corrected chi connectivity index (χ1v) is 6.18. The van der Waals surface area contributed by atoms with Crippen molar-refractivity contribution in [2.75, 3.05) is 6.26 Å². The molecule has 0 aliphatic rings. The zero-order chi connectivity index (χ0) is 10.1. The molecule has 1 N–H and O–H groups in total. The molecule has 0 radical (unpaired) electrons. The lowest BCUT2D eigenvalue weighted by atomic mass is 10.4. The second-order valence-corrected chi connectivity index (χ2v) is 5.65. The number of aryl methyl sites for hydroxylation is 1. The van der Waals surface area contributed by atoms with Crippen molar-refractivity contribution in [2.45, 2.75) is 6.92 Å².